The van der Waals surface area contributed by atoms with Crippen LogP contribution in [0.5, 0.6) is 0 Å². The average molecular weight is 593 g/mol. The molecule has 0 rings (SSSR count). The molecule has 0 aliphatic rings. The highest BCUT2D eigenvalue weighted by Gasteiger charge is 2.13. The van der Waals surface area contributed by atoms with Gasteiger partial charge in [0.1, 0.15) is 6.10 Å². The third-order valence-electron chi connectivity index (χ3n) is 8.49. The zero-order chi connectivity index (χ0) is 30.8. The summed E-state index contributed by atoms with van der Waals surface area (Å²) in [5.74, 6) is -0.638. The van der Waals surface area contributed by atoms with Gasteiger partial charge < -0.3 is 9.84 Å². The van der Waals surface area contributed by atoms with Crippen molar-refractivity contribution in [2.24, 2.45) is 0 Å². The van der Waals surface area contributed by atoms with Crippen LogP contribution in [0.4, 0.5) is 0 Å². The second kappa shape index (κ2) is 34.2. The summed E-state index contributed by atoms with van der Waals surface area (Å²) in [5.41, 5.74) is 0. The third-order valence-corrected chi connectivity index (χ3v) is 8.49. The molecule has 0 aromatic heterocycles. The number of carboxylic acid groups (broad SMARTS) is 1. The van der Waals surface area contributed by atoms with E-state index in [1.165, 1.54) is 135 Å². The first-order valence-corrected chi connectivity index (χ1v) is 18.7. The van der Waals surface area contributed by atoms with Gasteiger partial charge >= 0.3 is 11.9 Å². The molecule has 0 saturated heterocycles. The standard InChI is InChI=1S/C38H72O4/c1-3-5-7-8-9-10-11-14-19-22-25-28-31-35-38(41)42-36(32-6-4-2)33-29-26-23-20-17-15-12-13-16-18-21-24-27-30-34-37(39)40/h10-11,36H,3-9,12-35H2,1-2H3,(H,39,40)/b11-10-. The Morgan fingerprint density at radius 1 is 0.500 bits per heavy atom. The zero-order valence-corrected chi connectivity index (χ0v) is 28.3. The second-order valence-corrected chi connectivity index (χ2v) is 12.8. The molecule has 0 amide bonds. The quantitative estimate of drug-likeness (QED) is 0.0458. The van der Waals surface area contributed by atoms with E-state index in [2.05, 4.69) is 26.0 Å². The van der Waals surface area contributed by atoms with Crippen molar-refractivity contribution in [3.05, 3.63) is 12.2 Å². The number of ether oxygens (including phenoxy) is 1. The Labute approximate surface area is 262 Å². The molecule has 0 fully saturated rings. The van der Waals surface area contributed by atoms with Gasteiger partial charge in [-0.05, 0) is 57.8 Å². The molecule has 0 aliphatic carbocycles. The minimum absolute atomic E-state index is 0.0281. The summed E-state index contributed by atoms with van der Waals surface area (Å²) in [6.45, 7) is 4.48. The summed E-state index contributed by atoms with van der Waals surface area (Å²) >= 11 is 0. The lowest BCUT2D eigenvalue weighted by molar-refractivity contribution is -0.150. The van der Waals surface area contributed by atoms with E-state index >= 15 is 0 Å². The zero-order valence-electron chi connectivity index (χ0n) is 28.3. The van der Waals surface area contributed by atoms with Crippen molar-refractivity contribution in [3.63, 3.8) is 0 Å². The Hall–Kier alpha value is -1.32. The molecule has 4 heteroatoms. The van der Waals surface area contributed by atoms with Crippen LogP contribution in [0, 0.1) is 0 Å². The lowest BCUT2D eigenvalue weighted by atomic mass is 10.0. The molecule has 4 nitrogen and oxygen atoms in total. The number of esters is 1. The van der Waals surface area contributed by atoms with E-state index in [4.69, 9.17) is 9.84 Å². The number of rotatable bonds is 34. The van der Waals surface area contributed by atoms with Crippen LogP contribution >= 0.6 is 0 Å². The van der Waals surface area contributed by atoms with Gasteiger partial charge in [0.2, 0.25) is 0 Å². The molecule has 1 atom stereocenters. The number of unbranched alkanes of at least 4 members (excludes halogenated alkanes) is 23. The van der Waals surface area contributed by atoms with Gasteiger partial charge in [0.25, 0.3) is 0 Å². The van der Waals surface area contributed by atoms with E-state index in [0.29, 0.717) is 12.8 Å². The molecule has 0 spiro atoms. The largest absolute Gasteiger partial charge is 0.481 e. The highest BCUT2D eigenvalue weighted by atomic mass is 16.5. The molecule has 42 heavy (non-hydrogen) atoms. The van der Waals surface area contributed by atoms with Crippen LogP contribution in [0.2, 0.25) is 0 Å². The molecule has 248 valence electrons. The van der Waals surface area contributed by atoms with Gasteiger partial charge in [-0.15, -0.1) is 0 Å². The van der Waals surface area contributed by atoms with Crippen LogP contribution in [0.15, 0.2) is 12.2 Å². The fourth-order valence-electron chi connectivity index (χ4n) is 5.69. The predicted molar refractivity (Wildman–Crippen MR) is 181 cm³/mol. The lowest BCUT2D eigenvalue weighted by Gasteiger charge is -2.18. The topological polar surface area (TPSA) is 63.6 Å². The van der Waals surface area contributed by atoms with Crippen LogP contribution in [0.25, 0.3) is 0 Å². The molecule has 0 aromatic rings. The van der Waals surface area contributed by atoms with E-state index < -0.39 is 5.97 Å². The average Bonchev–Trinajstić information content (AvgIpc) is 2.97. The smallest absolute Gasteiger partial charge is 0.306 e. The Morgan fingerprint density at radius 2 is 0.881 bits per heavy atom. The van der Waals surface area contributed by atoms with Crippen molar-refractivity contribution < 1.29 is 19.4 Å². The maximum atomic E-state index is 12.4. The summed E-state index contributed by atoms with van der Waals surface area (Å²) in [6.07, 6.45) is 41.3. The van der Waals surface area contributed by atoms with Gasteiger partial charge in [-0.25, -0.2) is 0 Å². The summed E-state index contributed by atoms with van der Waals surface area (Å²) in [7, 11) is 0. The maximum Gasteiger partial charge on any atom is 0.306 e. The highest BCUT2D eigenvalue weighted by molar-refractivity contribution is 5.69. The molecule has 0 saturated carbocycles. The first-order chi connectivity index (χ1) is 20.6. The molecule has 0 heterocycles. The normalized spacial score (nSPS) is 12.2. The first kappa shape index (κ1) is 40.7. The van der Waals surface area contributed by atoms with Crippen molar-refractivity contribution in [2.45, 2.75) is 219 Å². The van der Waals surface area contributed by atoms with Crippen LogP contribution in [0.3, 0.4) is 0 Å². The minimum Gasteiger partial charge on any atom is -0.481 e. The van der Waals surface area contributed by atoms with Gasteiger partial charge in [-0.3, -0.25) is 9.59 Å². The van der Waals surface area contributed by atoms with Crippen LogP contribution in [-0.2, 0) is 14.3 Å². The lowest BCUT2D eigenvalue weighted by Crippen LogP contribution is -2.18. The number of allylic oxidation sites excluding steroid dienone is 2. The number of carbonyl (C=O) groups excluding carboxylic acids is 1. The molecule has 0 bridgehead atoms. The third kappa shape index (κ3) is 33.2. The molecule has 1 unspecified atom stereocenters. The summed E-state index contributed by atoms with van der Waals surface area (Å²) < 4.78 is 5.92. The minimum atomic E-state index is -0.666. The molecule has 1 N–H and O–H groups in total. The Balaban J connectivity index is 3.63. The number of hydrogen-bond acceptors (Lipinski definition) is 3. The Bertz CT molecular complexity index is 600. The fraction of sp³-hybridized carbons (Fsp3) is 0.895. The van der Waals surface area contributed by atoms with Crippen molar-refractivity contribution in [3.8, 4) is 0 Å². The van der Waals surface area contributed by atoms with Crippen molar-refractivity contribution >= 4 is 11.9 Å². The monoisotopic (exact) mass is 593 g/mol. The summed E-state index contributed by atoms with van der Waals surface area (Å²) in [4.78, 5) is 23.0. The van der Waals surface area contributed by atoms with E-state index in [1.807, 2.05) is 0 Å². The van der Waals surface area contributed by atoms with E-state index in [9.17, 15) is 9.59 Å². The summed E-state index contributed by atoms with van der Waals surface area (Å²) in [5, 5.41) is 8.66. The van der Waals surface area contributed by atoms with Crippen molar-refractivity contribution in [1.82, 2.24) is 0 Å². The van der Waals surface area contributed by atoms with Gasteiger partial charge in [0.15, 0.2) is 0 Å². The number of carbonyl (C=O) groups is 2. The fourth-order valence-corrected chi connectivity index (χ4v) is 5.69. The molecular formula is C38H72O4. The molecular weight excluding hydrogens is 520 g/mol. The van der Waals surface area contributed by atoms with Crippen molar-refractivity contribution in [1.29, 1.82) is 0 Å². The van der Waals surface area contributed by atoms with E-state index in [0.717, 1.165) is 51.4 Å². The maximum absolute atomic E-state index is 12.4. The van der Waals surface area contributed by atoms with Gasteiger partial charge in [-0.1, -0.05) is 154 Å². The van der Waals surface area contributed by atoms with Crippen molar-refractivity contribution in [2.75, 3.05) is 0 Å². The van der Waals surface area contributed by atoms with E-state index in [-0.39, 0.29) is 12.1 Å². The number of aliphatic carboxylic acids is 1. The highest BCUT2D eigenvalue weighted by Crippen LogP contribution is 2.18. The Morgan fingerprint density at radius 3 is 1.36 bits per heavy atom. The molecule has 0 aliphatic heterocycles. The SMILES string of the molecule is CCCCCC/C=C\CCCCCCCC(=O)OC(CCCC)CCCCCCCCCCCCCCCCC(=O)O. The van der Waals surface area contributed by atoms with E-state index in [1.54, 1.807) is 0 Å². The van der Waals surface area contributed by atoms with Crippen LogP contribution < -0.4 is 0 Å². The molecule has 0 radical (unpaired) electrons. The van der Waals surface area contributed by atoms with Crippen LogP contribution in [0.1, 0.15) is 213 Å². The molecule has 0 aromatic carbocycles. The van der Waals surface area contributed by atoms with Gasteiger partial charge in [0, 0.05) is 12.8 Å². The Kier molecular flexibility index (Phi) is 33.1. The first-order valence-electron chi connectivity index (χ1n) is 18.7. The van der Waals surface area contributed by atoms with Crippen LogP contribution in [-0.4, -0.2) is 23.1 Å². The van der Waals surface area contributed by atoms with Gasteiger partial charge in [-0.2, -0.15) is 0 Å². The number of carboxylic acids is 1. The number of hydrogen-bond donors (Lipinski definition) is 1. The predicted octanol–water partition coefficient (Wildman–Crippen LogP) is 12.7. The second-order valence-electron chi connectivity index (χ2n) is 12.8. The van der Waals surface area contributed by atoms with Gasteiger partial charge in [0.05, 0.1) is 0 Å². The summed E-state index contributed by atoms with van der Waals surface area (Å²) in [6, 6.07) is 0.